The highest BCUT2D eigenvalue weighted by Crippen LogP contribution is 2.33. The Balaban J connectivity index is 2.38. The molecule has 0 amide bonds. The topological polar surface area (TPSA) is 124 Å². The van der Waals surface area contributed by atoms with Crippen LogP contribution in [0.15, 0.2) is 41.7 Å². The number of rotatable bonds is 4. The number of hydrogen-bond donors (Lipinski definition) is 2. The molecule has 0 aliphatic rings. The van der Waals surface area contributed by atoms with Gasteiger partial charge in [0, 0.05) is 35.0 Å². The summed E-state index contributed by atoms with van der Waals surface area (Å²) in [6.45, 7) is 0. The first-order chi connectivity index (χ1) is 10.0. The zero-order valence-electron chi connectivity index (χ0n) is 10.4. The molecule has 2 rings (SSSR count). The van der Waals surface area contributed by atoms with Gasteiger partial charge in [-0.25, -0.2) is 4.98 Å². The van der Waals surface area contributed by atoms with Crippen molar-refractivity contribution in [1.29, 1.82) is 0 Å². The van der Waals surface area contributed by atoms with Crippen molar-refractivity contribution in [2.45, 2.75) is 0 Å². The summed E-state index contributed by atoms with van der Waals surface area (Å²) in [5, 5.41) is 22.7. The maximum absolute atomic E-state index is 10.9. The lowest BCUT2D eigenvalue weighted by Gasteiger charge is -2.07. The molecular formula is C12H9ClN4O4. The quantitative estimate of drug-likeness (QED) is 0.294. The van der Waals surface area contributed by atoms with E-state index in [2.05, 4.69) is 10.1 Å². The van der Waals surface area contributed by atoms with Crippen LogP contribution in [-0.4, -0.2) is 21.0 Å². The molecule has 9 heteroatoms. The van der Waals surface area contributed by atoms with Gasteiger partial charge >= 0.3 is 5.69 Å². The lowest BCUT2D eigenvalue weighted by molar-refractivity contribution is -0.385. The number of oxime groups is 1. The molecule has 0 radical (unpaired) electrons. The molecule has 0 atom stereocenters. The molecule has 0 unspecified atom stereocenters. The Bertz CT molecular complexity index is 720. The first-order valence-corrected chi connectivity index (χ1v) is 5.95. The molecule has 0 spiro atoms. The Kier molecular flexibility index (Phi) is 4.19. The van der Waals surface area contributed by atoms with Crippen LogP contribution < -0.4 is 10.5 Å². The minimum absolute atomic E-state index is 0.0458. The number of nitrogens with two attached hydrogens (primary N) is 1. The second-order valence-corrected chi connectivity index (χ2v) is 4.28. The molecule has 0 bridgehead atoms. The predicted octanol–water partition coefficient (Wildman–Crippen LogP) is 2.53. The van der Waals surface area contributed by atoms with Gasteiger partial charge in [-0.15, -0.1) is 0 Å². The molecule has 108 valence electrons. The predicted molar refractivity (Wildman–Crippen MR) is 74.9 cm³/mol. The highest BCUT2D eigenvalue weighted by molar-refractivity contribution is 6.30. The Morgan fingerprint density at radius 1 is 1.43 bits per heavy atom. The summed E-state index contributed by atoms with van der Waals surface area (Å²) in [5.41, 5.74) is 5.55. The third kappa shape index (κ3) is 3.37. The number of hydrogen-bond acceptors (Lipinski definition) is 6. The molecule has 0 aliphatic heterocycles. The van der Waals surface area contributed by atoms with Crippen molar-refractivity contribution in [2.75, 3.05) is 0 Å². The molecule has 0 aliphatic carbocycles. The van der Waals surface area contributed by atoms with Crippen molar-refractivity contribution in [1.82, 2.24) is 4.98 Å². The second kappa shape index (κ2) is 6.06. The fourth-order valence-corrected chi connectivity index (χ4v) is 1.68. The molecular weight excluding hydrogens is 300 g/mol. The van der Waals surface area contributed by atoms with E-state index in [1.807, 2.05) is 0 Å². The van der Waals surface area contributed by atoms with Gasteiger partial charge in [0.05, 0.1) is 4.92 Å². The van der Waals surface area contributed by atoms with E-state index >= 15 is 0 Å². The fourth-order valence-electron chi connectivity index (χ4n) is 1.52. The highest BCUT2D eigenvalue weighted by atomic mass is 35.5. The van der Waals surface area contributed by atoms with E-state index in [-0.39, 0.29) is 28.2 Å². The van der Waals surface area contributed by atoms with Crippen LogP contribution in [0.5, 0.6) is 11.6 Å². The van der Waals surface area contributed by atoms with E-state index in [0.717, 1.165) is 0 Å². The minimum Gasteiger partial charge on any atom is -0.432 e. The van der Waals surface area contributed by atoms with Gasteiger partial charge in [0.1, 0.15) is 0 Å². The van der Waals surface area contributed by atoms with Crippen LogP contribution in [0.3, 0.4) is 0 Å². The second-order valence-electron chi connectivity index (χ2n) is 3.84. The molecule has 1 heterocycles. The van der Waals surface area contributed by atoms with Crippen molar-refractivity contribution in [2.24, 2.45) is 10.9 Å². The third-order valence-corrected chi connectivity index (χ3v) is 2.71. The standard InChI is InChI=1S/C12H9ClN4O4/c13-8-1-2-9(17(19)20)10(6-8)21-11-5-7(3-4-15-11)12(14)16-18/h1-6,18H,(H2,14,16). The number of nitro groups is 1. The van der Waals surface area contributed by atoms with Crippen molar-refractivity contribution in [3.63, 3.8) is 0 Å². The van der Waals surface area contributed by atoms with E-state index in [0.29, 0.717) is 5.56 Å². The zero-order valence-corrected chi connectivity index (χ0v) is 11.2. The Morgan fingerprint density at radius 2 is 2.19 bits per heavy atom. The first-order valence-electron chi connectivity index (χ1n) is 5.57. The third-order valence-electron chi connectivity index (χ3n) is 2.47. The summed E-state index contributed by atoms with van der Waals surface area (Å²) in [7, 11) is 0. The van der Waals surface area contributed by atoms with Crippen LogP contribution in [0.25, 0.3) is 0 Å². The van der Waals surface area contributed by atoms with Gasteiger partial charge in [-0.3, -0.25) is 10.1 Å². The van der Waals surface area contributed by atoms with Crippen LogP contribution in [0.1, 0.15) is 5.56 Å². The zero-order chi connectivity index (χ0) is 15.4. The Morgan fingerprint density at radius 3 is 2.86 bits per heavy atom. The van der Waals surface area contributed by atoms with Gasteiger partial charge in [0.2, 0.25) is 11.6 Å². The molecule has 0 saturated heterocycles. The Hall–Kier alpha value is -2.87. The largest absolute Gasteiger partial charge is 0.432 e. The van der Waals surface area contributed by atoms with E-state index in [4.69, 9.17) is 27.3 Å². The molecule has 1 aromatic carbocycles. The van der Waals surface area contributed by atoms with Crippen LogP contribution in [0.2, 0.25) is 5.02 Å². The molecule has 0 saturated carbocycles. The molecule has 2 aromatic rings. The number of amidine groups is 1. The molecule has 1 aromatic heterocycles. The maximum atomic E-state index is 10.9. The smallest absolute Gasteiger partial charge is 0.311 e. The summed E-state index contributed by atoms with van der Waals surface area (Å²) in [6.07, 6.45) is 1.36. The van der Waals surface area contributed by atoms with E-state index in [9.17, 15) is 10.1 Å². The number of aromatic nitrogens is 1. The summed E-state index contributed by atoms with van der Waals surface area (Å²) in [4.78, 5) is 14.2. The van der Waals surface area contributed by atoms with Gasteiger partial charge in [0.25, 0.3) is 0 Å². The van der Waals surface area contributed by atoms with Crippen molar-refractivity contribution < 1.29 is 14.9 Å². The number of nitro benzene ring substituents is 1. The van der Waals surface area contributed by atoms with Gasteiger partial charge < -0.3 is 15.7 Å². The molecule has 3 N–H and O–H groups in total. The normalized spacial score (nSPS) is 11.2. The fraction of sp³-hybridized carbons (Fsp3) is 0. The van der Waals surface area contributed by atoms with Gasteiger partial charge in [-0.2, -0.15) is 0 Å². The van der Waals surface area contributed by atoms with Crippen LogP contribution in [-0.2, 0) is 0 Å². The van der Waals surface area contributed by atoms with E-state index in [1.54, 1.807) is 0 Å². The van der Waals surface area contributed by atoms with Gasteiger partial charge in [-0.1, -0.05) is 16.8 Å². The number of halogens is 1. The lowest BCUT2D eigenvalue weighted by atomic mass is 10.2. The Labute approximate surface area is 123 Å². The average molecular weight is 309 g/mol. The number of nitrogens with zero attached hydrogens (tertiary/aromatic N) is 3. The van der Waals surface area contributed by atoms with Crippen LogP contribution >= 0.6 is 11.6 Å². The lowest BCUT2D eigenvalue weighted by Crippen LogP contribution is -2.13. The highest BCUT2D eigenvalue weighted by Gasteiger charge is 2.17. The minimum atomic E-state index is -0.598. The van der Waals surface area contributed by atoms with Crippen molar-refractivity contribution in [3.8, 4) is 11.6 Å². The van der Waals surface area contributed by atoms with Gasteiger partial charge in [0.15, 0.2) is 5.84 Å². The molecule has 21 heavy (non-hydrogen) atoms. The molecule has 0 fully saturated rings. The average Bonchev–Trinajstić information content (AvgIpc) is 2.46. The monoisotopic (exact) mass is 308 g/mol. The maximum Gasteiger partial charge on any atom is 0.311 e. The number of ether oxygens (including phenoxy) is 1. The van der Waals surface area contributed by atoms with Gasteiger partial charge in [-0.05, 0) is 12.1 Å². The van der Waals surface area contributed by atoms with Crippen LogP contribution in [0.4, 0.5) is 5.69 Å². The molecule has 8 nitrogen and oxygen atoms in total. The summed E-state index contributed by atoms with van der Waals surface area (Å²) in [5.74, 6) is -0.149. The van der Waals surface area contributed by atoms with Crippen molar-refractivity contribution in [3.05, 3.63) is 57.2 Å². The summed E-state index contributed by atoms with van der Waals surface area (Å²) < 4.78 is 5.36. The van der Waals surface area contributed by atoms with E-state index in [1.165, 1.54) is 36.5 Å². The van der Waals surface area contributed by atoms with Crippen molar-refractivity contribution >= 4 is 23.1 Å². The first kappa shape index (κ1) is 14.5. The number of pyridine rings is 1. The SMILES string of the molecule is NC(=NO)c1ccnc(Oc2cc(Cl)ccc2[N+](=O)[O-])c1. The summed E-state index contributed by atoms with van der Waals surface area (Å²) in [6, 6.07) is 6.78. The van der Waals surface area contributed by atoms with E-state index < -0.39 is 4.92 Å². The van der Waals surface area contributed by atoms with Crippen LogP contribution in [0, 0.1) is 10.1 Å². The summed E-state index contributed by atoms with van der Waals surface area (Å²) >= 11 is 5.80. The number of benzene rings is 1.